The van der Waals surface area contributed by atoms with E-state index in [9.17, 15) is 14.7 Å². The van der Waals surface area contributed by atoms with Crippen LogP contribution in [0.15, 0.2) is 36.4 Å². The van der Waals surface area contributed by atoms with Crippen LogP contribution in [-0.4, -0.2) is 23.5 Å². The standard InChI is InChI=1S/C14H12O4/c1-9(15)8-18-14(17)12-6-10-4-2-3-5-11(10)7-13(12)16/h2-7,16H,8H2,1H3. The molecule has 2 aromatic carbocycles. The van der Waals surface area contributed by atoms with E-state index in [4.69, 9.17) is 4.74 Å². The molecule has 92 valence electrons. The minimum absolute atomic E-state index is 0.0648. The molecule has 18 heavy (non-hydrogen) atoms. The highest BCUT2D eigenvalue weighted by Gasteiger charge is 2.14. The van der Waals surface area contributed by atoms with Crippen LogP contribution in [0.1, 0.15) is 17.3 Å². The molecule has 0 aromatic heterocycles. The van der Waals surface area contributed by atoms with Gasteiger partial charge in [0.25, 0.3) is 0 Å². The summed E-state index contributed by atoms with van der Waals surface area (Å²) >= 11 is 0. The summed E-state index contributed by atoms with van der Waals surface area (Å²) in [5.74, 6) is -1.10. The number of carbonyl (C=O) groups is 2. The number of phenols is 1. The van der Waals surface area contributed by atoms with E-state index in [-0.39, 0.29) is 23.7 Å². The third kappa shape index (κ3) is 2.48. The highest BCUT2D eigenvalue weighted by atomic mass is 16.5. The average molecular weight is 244 g/mol. The van der Waals surface area contributed by atoms with Crippen molar-refractivity contribution >= 4 is 22.5 Å². The number of Topliss-reactive ketones (excluding diaryl/α,β-unsaturated/α-hetero) is 1. The zero-order chi connectivity index (χ0) is 13.1. The van der Waals surface area contributed by atoms with Gasteiger partial charge in [-0.15, -0.1) is 0 Å². The third-order valence-corrected chi connectivity index (χ3v) is 2.49. The Hall–Kier alpha value is -2.36. The predicted octanol–water partition coefficient (Wildman–Crippen LogP) is 2.29. The van der Waals surface area contributed by atoms with Crippen LogP contribution in [0.4, 0.5) is 0 Å². The molecule has 0 fully saturated rings. The Balaban J connectivity index is 2.35. The molecule has 0 aliphatic rings. The number of carbonyl (C=O) groups excluding carboxylic acids is 2. The van der Waals surface area contributed by atoms with E-state index in [1.807, 2.05) is 24.3 Å². The van der Waals surface area contributed by atoms with Gasteiger partial charge in [-0.2, -0.15) is 0 Å². The number of ketones is 1. The Morgan fingerprint density at radius 3 is 2.39 bits per heavy atom. The van der Waals surface area contributed by atoms with Gasteiger partial charge >= 0.3 is 5.97 Å². The number of benzene rings is 2. The SMILES string of the molecule is CC(=O)COC(=O)c1cc2ccccc2cc1O. The largest absolute Gasteiger partial charge is 0.507 e. The molecule has 0 amide bonds. The summed E-state index contributed by atoms with van der Waals surface area (Å²) in [4.78, 5) is 22.4. The molecule has 0 saturated carbocycles. The number of hydrogen-bond donors (Lipinski definition) is 1. The topological polar surface area (TPSA) is 63.6 Å². The molecule has 0 heterocycles. The van der Waals surface area contributed by atoms with Gasteiger partial charge in [0, 0.05) is 0 Å². The monoisotopic (exact) mass is 244 g/mol. The molecule has 4 nitrogen and oxygen atoms in total. The van der Waals surface area contributed by atoms with Crippen molar-refractivity contribution < 1.29 is 19.4 Å². The number of esters is 1. The van der Waals surface area contributed by atoms with Crippen LogP contribution in [0.25, 0.3) is 10.8 Å². The molecule has 0 spiro atoms. The van der Waals surface area contributed by atoms with E-state index in [1.165, 1.54) is 13.0 Å². The van der Waals surface area contributed by atoms with E-state index in [0.29, 0.717) is 0 Å². The summed E-state index contributed by atoms with van der Waals surface area (Å²) in [6.45, 7) is 1.04. The van der Waals surface area contributed by atoms with Crippen molar-refractivity contribution in [2.24, 2.45) is 0 Å². The van der Waals surface area contributed by atoms with Crippen molar-refractivity contribution in [2.75, 3.05) is 6.61 Å². The van der Waals surface area contributed by atoms with Crippen LogP contribution < -0.4 is 0 Å². The van der Waals surface area contributed by atoms with Crippen LogP contribution in [0, 0.1) is 0 Å². The first-order chi connectivity index (χ1) is 8.58. The molecule has 2 rings (SSSR count). The van der Waals surface area contributed by atoms with Crippen molar-refractivity contribution in [3.8, 4) is 5.75 Å². The summed E-state index contributed by atoms with van der Waals surface area (Å²) in [6.07, 6.45) is 0. The summed E-state index contributed by atoms with van der Waals surface area (Å²) in [6, 6.07) is 10.4. The first-order valence-electron chi connectivity index (χ1n) is 5.46. The van der Waals surface area contributed by atoms with Crippen LogP contribution in [-0.2, 0) is 9.53 Å². The molecular weight excluding hydrogens is 232 g/mol. The van der Waals surface area contributed by atoms with Crippen molar-refractivity contribution in [3.05, 3.63) is 42.0 Å². The molecule has 1 N–H and O–H groups in total. The van der Waals surface area contributed by atoms with Crippen LogP contribution in [0.2, 0.25) is 0 Å². The highest BCUT2D eigenvalue weighted by molar-refractivity contribution is 5.99. The summed E-state index contributed by atoms with van der Waals surface area (Å²) in [5, 5.41) is 11.4. The Bertz CT molecular complexity index is 616. The van der Waals surface area contributed by atoms with Gasteiger partial charge in [0.2, 0.25) is 0 Å². The zero-order valence-corrected chi connectivity index (χ0v) is 9.84. The Kier molecular flexibility index (Phi) is 3.28. The van der Waals surface area contributed by atoms with Gasteiger partial charge in [0.15, 0.2) is 5.78 Å². The van der Waals surface area contributed by atoms with E-state index in [1.54, 1.807) is 6.07 Å². The average Bonchev–Trinajstić information content (AvgIpc) is 2.35. The van der Waals surface area contributed by atoms with Gasteiger partial charge in [-0.05, 0) is 29.8 Å². The lowest BCUT2D eigenvalue weighted by Crippen LogP contribution is -2.11. The van der Waals surface area contributed by atoms with E-state index in [2.05, 4.69) is 0 Å². The predicted molar refractivity (Wildman–Crippen MR) is 66.6 cm³/mol. The van der Waals surface area contributed by atoms with Crippen molar-refractivity contribution in [3.63, 3.8) is 0 Å². The minimum Gasteiger partial charge on any atom is -0.507 e. The van der Waals surface area contributed by atoms with Crippen LogP contribution >= 0.6 is 0 Å². The molecular formula is C14H12O4. The lowest BCUT2D eigenvalue weighted by atomic mass is 10.1. The number of hydrogen-bond acceptors (Lipinski definition) is 4. The second-order valence-electron chi connectivity index (χ2n) is 3.99. The van der Waals surface area contributed by atoms with E-state index >= 15 is 0 Å². The quantitative estimate of drug-likeness (QED) is 0.841. The second-order valence-corrected chi connectivity index (χ2v) is 3.99. The van der Waals surface area contributed by atoms with Crippen molar-refractivity contribution in [2.45, 2.75) is 6.92 Å². The first-order valence-corrected chi connectivity index (χ1v) is 5.46. The summed E-state index contributed by atoms with van der Waals surface area (Å²) in [5.41, 5.74) is 0.0648. The third-order valence-electron chi connectivity index (χ3n) is 2.49. The molecule has 0 radical (unpaired) electrons. The van der Waals surface area contributed by atoms with Crippen molar-refractivity contribution in [1.29, 1.82) is 0 Å². The molecule has 0 atom stereocenters. The molecule has 0 bridgehead atoms. The Morgan fingerprint density at radius 1 is 1.17 bits per heavy atom. The lowest BCUT2D eigenvalue weighted by Gasteiger charge is -2.06. The van der Waals surface area contributed by atoms with Gasteiger partial charge in [-0.3, -0.25) is 4.79 Å². The molecule has 2 aromatic rings. The highest BCUT2D eigenvalue weighted by Crippen LogP contribution is 2.25. The molecule has 4 heteroatoms. The fraction of sp³-hybridized carbons (Fsp3) is 0.143. The van der Waals surface area contributed by atoms with Gasteiger partial charge in [0.05, 0.1) is 0 Å². The fourth-order valence-electron chi connectivity index (χ4n) is 1.64. The van der Waals surface area contributed by atoms with Gasteiger partial charge in [0.1, 0.15) is 17.9 Å². The van der Waals surface area contributed by atoms with Gasteiger partial charge in [-0.25, -0.2) is 4.79 Å². The summed E-state index contributed by atoms with van der Waals surface area (Å²) < 4.78 is 4.77. The number of ether oxygens (including phenoxy) is 1. The maximum absolute atomic E-state index is 11.7. The molecule has 0 aliphatic carbocycles. The molecule has 0 saturated heterocycles. The Morgan fingerprint density at radius 2 is 1.78 bits per heavy atom. The molecule has 0 aliphatic heterocycles. The first kappa shape index (κ1) is 12.1. The van der Waals surface area contributed by atoms with Crippen molar-refractivity contribution in [1.82, 2.24) is 0 Å². The maximum Gasteiger partial charge on any atom is 0.342 e. The maximum atomic E-state index is 11.7. The number of aromatic hydroxyl groups is 1. The Labute approximate surface area is 104 Å². The van der Waals surface area contributed by atoms with E-state index < -0.39 is 5.97 Å². The minimum atomic E-state index is -0.701. The lowest BCUT2D eigenvalue weighted by molar-refractivity contribution is -0.120. The summed E-state index contributed by atoms with van der Waals surface area (Å²) in [7, 11) is 0. The molecule has 0 unspecified atom stereocenters. The number of rotatable bonds is 3. The van der Waals surface area contributed by atoms with Crippen LogP contribution in [0.5, 0.6) is 5.75 Å². The van der Waals surface area contributed by atoms with E-state index in [0.717, 1.165) is 10.8 Å². The van der Waals surface area contributed by atoms with Gasteiger partial charge in [-0.1, -0.05) is 24.3 Å². The van der Waals surface area contributed by atoms with Crippen LogP contribution in [0.3, 0.4) is 0 Å². The zero-order valence-electron chi connectivity index (χ0n) is 9.84. The fourth-order valence-corrected chi connectivity index (χ4v) is 1.64. The normalized spacial score (nSPS) is 10.3. The second kappa shape index (κ2) is 4.87. The number of phenolic OH excluding ortho intramolecular Hbond substituents is 1. The number of fused-ring (bicyclic) bond motifs is 1. The smallest absolute Gasteiger partial charge is 0.342 e. The van der Waals surface area contributed by atoms with Gasteiger partial charge < -0.3 is 9.84 Å².